The number of fused-ring (bicyclic) bond motifs is 1. The standard InChI is InChI=1S/C9H13N4/c1-2-13(11)9-5-3-4-8(10)7(9)6-12-13/h3-6H,2,10-11H2,1H3/q+1. The van der Waals surface area contributed by atoms with Crippen LogP contribution in [0.3, 0.4) is 0 Å². The molecule has 1 aromatic carbocycles. The van der Waals surface area contributed by atoms with Crippen LogP contribution in [0.1, 0.15) is 12.5 Å². The molecule has 0 saturated carbocycles. The number of hydrogen-bond acceptors (Lipinski definition) is 3. The maximum absolute atomic E-state index is 6.02. The van der Waals surface area contributed by atoms with Gasteiger partial charge in [-0.15, -0.1) is 5.84 Å². The van der Waals surface area contributed by atoms with E-state index in [1.54, 1.807) is 6.21 Å². The van der Waals surface area contributed by atoms with Crippen molar-refractivity contribution in [2.24, 2.45) is 10.9 Å². The SMILES string of the molecule is CC[N+]1(N)N=Cc2c(N)cccc21. The van der Waals surface area contributed by atoms with Gasteiger partial charge in [0.25, 0.3) is 0 Å². The monoisotopic (exact) mass is 177 g/mol. The summed E-state index contributed by atoms with van der Waals surface area (Å²) in [6, 6.07) is 5.72. The minimum absolute atomic E-state index is 0.111. The van der Waals surface area contributed by atoms with Gasteiger partial charge in [-0.3, -0.25) is 0 Å². The van der Waals surface area contributed by atoms with Crippen LogP contribution in [0.25, 0.3) is 0 Å². The summed E-state index contributed by atoms with van der Waals surface area (Å²) in [5, 5.41) is 4.23. The zero-order valence-electron chi connectivity index (χ0n) is 7.57. The molecule has 68 valence electrons. The van der Waals surface area contributed by atoms with Crippen LogP contribution in [0.15, 0.2) is 23.3 Å². The van der Waals surface area contributed by atoms with E-state index in [1.807, 2.05) is 25.1 Å². The molecule has 0 aliphatic carbocycles. The minimum atomic E-state index is 0.111. The Morgan fingerprint density at radius 1 is 1.46 bits per heavy atom. The summed E-state index contributed by atoms with van der Waals surface area (Å²) >= 11 is 0. The molecule has 1 aliphatic heterocycles. The number of benzene rings is 1. The summed E-state index contributed by atoms with van der Waals surface area (Å²) < 4.78 is 0.111. The van der Waals surface area contributed by atoms with Crippen molar-refractivity contribution in [1.29, 1.82) is 0 Å². The van der Waals surface area contributed by atoms with E-state index in [0.717, 1.165) is 23.5 Å². The fourth-order valence-corrected chi connectivity index (χ4v) is 1.52. The van der Waals surface area contributed by atoms with Crippen molar-refractivity contribution in [3.63, 3.8) is 0 Å². The lowest BCUT2D eigenvalue weighted by Gasteiger charge is -2.20. The molecule has 2 rings (SSSR count). The highest BCUT2D eigenvalue weighted by molar-refractivity contribution is 5.96. The van der Waals surface area contributed by atoms with Gasteiger partial charge >= 0.3 is 0 Å². The Bertz CT molecular complexity index is 372. The third-order valence-electron chi connectivity index (χ3n) is 2.41. The first kappa shape index (κ1) is 8.22. The van der Waals surface area contributed by atoms with Crippen LogP contribution in [-0.4, -0.2) is 12.8 Å². The second-order valence-electron chi connectivity index (χ2n) is 3.17. The molecule has 1 aliphatic rings. The molecule has 1 unspecified atom stereocenters. The summed E-state index contributed by atoms with van der Waals surface area (Å²) in [6.07, 6.45) is 1.74. The molecule has 0 fully saturated rings. The molecular weight excluding hydrogens is 164 g/mol. The highest BCUT2D eigenvalue weighted by atomic mass is 15.8. The van der Waals surface area contributed by atoms with Crippen LogP contribution < -0.4 is 16.3 Å². The Labute approximate surface area is 77.0 Å². The van der Waals surface area contributed by atoms with Crippen LogP contribution in [-0.2, 0) is 0 Å². The summed E-state index contributed by atoms with van der Waals surface area (Å²) in [5.41, 5.74) is 8.45. The second-order valence-corrected chi connectivity index (χ2v) is 3.17. The first-order valence-electron chi connectivity index (χ1n) is 4.28. The van der Waals surface area contributed by atoms with Gasteiger partial charge in [0, 0.05) is 11.8 Å². The lowest BCUT2D eigenvalue weighted by atomic mass is 10.1. The molecule has 1 aromatic rings. The lowest BCUT2D eigenvalue weighted by molar-refractivity contribution is 0.320. The van der Waals surface area contributed by atoms with Crippen LogP contribution in [0.4, 0.5) is 11.4 Å². The quantitative estimate of drug-likeness (QED) is 0.379. The Kier molecular flexibility index (Phi) is 1.61. The highest BCUT2D eigenvalue weighted by Gasteiger charge is 2.32. The summed E-state index contributed by atoms with van der Waals surface area (Å²) in [4.78, 5) is 0. The Morgan fingerprint density at radius 3 is 2.92 bits per heavy atom. The highest BCUT2D eigenvalue weighted by Crippen LogP contribution is 2.31. The zero-order chi connectivity index (χ0) is 9.47. The second kappa shape index (κ2) is 2.55. The molecule has 13 heavy (non-hydrogen) atoms. The smallest absolute Gasteiger partial charge is 0.190 e. The van der Waals surface area contributed by atoms with E-state index in [9.17, 15) is 0 Å². The predicted molar refractivity (Wildman–Crippen MR) is 55.0 cm³/mol. The molecule has 4 nitrogen and oxygen atoms in total. The molecule has 0 amide bonds. The first-order chi connectivity index (χ1) is 6.17. The van der Waals surface area contributed by atoms with Crippen molar-refractivity contribution in [2.75, 3.05) is 12.3 Å². The Morgan fingerprint density at radius 2 is 2.23 bits per heavy atom. The van der Waals surface area contributed by atoms with E-state index in [4.69, 9.17) is 11.6 Å². The Hall–Kier alpha value is -1.39. The normalized spacial score (nSPS) is 24.8. The molecule has 0 bridgehead atoms. The van der Waals surface area contributed by atoms with Gasteiger partial charge in [0.15, 0.2) is 5.69 Å². The van der Waals surface area contributed by atoms with Gasteiger partial charge in [-0.1, -0.05) is 15.9 Å². The van der Waals surface area contributed by atoms with E-state index < -0.39 is 0 Å². The Balaban J connectivity index is 2.61. The van der Waals surface area contributed by atoms with E-state index in [1.165, 1.54) is 0 Å². The van der Waals surface area contributed by atoms with Gasteiger partial charge in [0.2, 0.25) is 0 Å². The molecule has 0 saturated heterocycles. The fraction of sp³-hybridized carbons (Fsp3) is 0.222. The third-order valence-corrected chi connectivity index (χ3v) is 2.41. The number of nitrogens with two attached hydrogens (primary N) is 2. The lowest BCUT2D eigenvalue weighted by Crippen LogP contribution is -2.49. The number of rotatable bonds is 1. The maximum Gasteiger partial charge on any atom is 0.190 e. The molecule has 4 N–H and O–H groups in total. The number of nitrogens with zero attached hydrogens (tertiary/aromatic N) is 2. The van der Waals surface area contributed by atoms with Crippen LogP contribution >= 0.6 is 0 Å². The van der Waals surface area contributed by atoms with Gasteiger partial charge < -0.3 is 5.73 Å². The van der Waals surface area contributed by atoms with E-state index >= 15 is 0 Å². The molecule has 4 heteroatoms. The minimum Gasteiger partial charge on any atom is -0.398 e. The van der Waals surface area contributed by atoms with E-state index in [2.05, 4.69) is 5.10 Å². The van der Waals surface area contributed by atoms with Gasteiger partial charge in [-0.25, -0.2) is 0 Å². The third kappa shape index (κ3) is 1.03. The van der Waals surface area contributed by atoms with Crippen molar-refractivity contribution in [3.8, 4) is 0 Å². The molecule has 1 atom stereocenters. The van der Waals surface area contributed by atoms with Crippen molar-refractivity contribution >= 4 is 17.6 Å². The van der Waals surface area contributed by atoms with E-state index in [0.29, 0.717) is 0 Å². The number of hydrogen-bond donors (Lipinski definition) is 2. The first-order valence-corrected chi connectivity index (χ1v) is 4.28. The zero-order valence-corrected chi connectivity index (χ0v) is 7.57. The van der Waals surface area contributed by atoms with Gasteiger partial charge in [0.1, 0.15) is 12.8 Å². The molecule has 0 spiro atoms. The average Bonchev–Trinajstić information content (AvgIpc) is 2.47. The number of anilines is 1. The van der Waals surface area contributed by atoms with Crippen LogP contribution in [0.5, 0.6) is 0 Å². The van der Waals surface area contributed by atoms with Gasteiger partial charge in [0.05, 0.1) is 5.56 Å². The molecule has 0 aromatic heterocycles. The average molecular weight is 177 g/mol. The summed E-state index contributed by atoms with van der Waals surface area (Å²) in [7, 11) is 0. The fourth-order valence-electron chi connectivity index (χ4n) is 1.52. The van der Waals surface area contributed by atoms with Crippen molar-refractivity contribution < 1.29 is 0 Å². The summed E-state index contributed by atoms with van der Waals surface area (Å²) in [6.45, 7) is 2.72. The van der Waals surface area contributed by atoms with Crippen LogP contribution in [0.2, 0.25) is 0 Å². The predicted octanol–water partition coefficient (Wildman–Crippen LogP) is 0.817. The maximum atomic E-state index is 6.02. The van der Waals surface area contributed by atoms with Crippen LogP contribution in [0, 0.1) is 0 Å². The topological polar surface area (TPSA) is 64.4 Å². The number of nitrogen functional groups attached to an aromatic ring is 1. The van der Waals surface area contributed by atoms with Crippen molar-refractivity contribution in [3.05, 3.63) is 23.8 Å². The molecule has 0 radical (unpaired) electrons. The number of quaternary nitrogens is 1. The molecular formula is C9H13N4+. The van der Waals surface area contributed by atoms with Crippen molar-refractivity contribution in [2.45, 2.75) is 6.92 Å². The van der Waals surface area contributed by atoms with Gasteiger partial charge in [-0.2, -0.15) is 0 Å². The summed E-state index contributed by atoms with van der Waals surface area (Å²) in [5.74, 6) is 6.02. The van der Waals surface area contributed by atoms with Crippen molar-refractivity contribution in [1.82, 2.24) is 4.70 Å². The van der Waals surface area contributed by atoms with E-state index in [-0.39, 0.29) is 4.70 Å². The van der Waals surface area contributed by atoms with Gasteiger partial charge in [-0.05, 0) is 13.0 Å². The molecule has 1 heterocycles. The largest absolute Gasteiger partial charge is 0.398 e.